The summed E-state index contributed by atoms with van der Waals surface area (Å²) in [5.41, 5.74) is -2.23. The number of aliphatic hydroxyl groups is 3. The molecule has 0 aromatic rings. The van der Waals surface area contributed by atoms with Crippen LogP contribution in [0.2, 0.25) is 0 Å². The number of ketones is 1. The lowest BCUT2D eigenvalue weighted by Crippen LogP contribution is -2.63. The minimum atomic E-state index is -1.05. The topological polar surface area (TPSA) is 99.5 Å². The van der Waals surface area contributed by atoms with Crippen LogP contribution in [0.5, 0.6) is 0 Å². The number of carbonyl (C=O) groups excluding carboxylic acids is 1. The van der Waals surface area contributed by atoms with Gasteiger partial charge in [0.2, 0.25) is 0 Å². The molecular formula is C32H50O6. The van der Waals surface area contributed by atoms with E-state index in [0.717, 1.165) is 50.5 Å². The van der Waals surface area contributed by atoms with E-state index in [-0.39, 0.29) is 47.1 Å². The number of fused-ring (bicyclic) bond motifs is 5. The van der Waals surface area contributed by atoms with Crippen molar-refractivity contribution in [2.24, 2.45) is 40.4 Å². The molecule has 2 aliphatic heterocycles. The lowest BCUT2D eigenvalue weighted by atomic mass is 9.45. The molecule has 6 nitrogen and oxygen atoms in total. The van der Waals surface area contributed by atoms with Crippen molar-refractivity contribution in [3.63, 3.8) is 0 Å². The predicted octanol–water partition coefficient (Wildman–Crippen LogP) is 4.58. The molecule has 3 saturated carbocycles. The fraction of sp³-hybridized carbons (Fsp3) is 0.906. The third kappa shape index (κ3) is 3.52. The molecule has 12 atom stereocenters. The van der Waals surface area contributed by atoms with E-state index >= 15 is 0 Å². The smallest absolute Gasteiger partial charge is 0.159 e. The highest BCUT2D eigenvalue weighted by Gasteiger charge is 2.74. The van der Waals surface area contributed by atoms with Gasteiger partial charge in [0.05, 0.1) is 17.3 Å². The van der Waals surface area contributed by atoms with Gasteiger partial charge < -0.3 is 24.8 Å². The lowest BCUT2D eigenvalue weighted by molar-refractivity contribution is -0.193. The first-order valence-electron chi connectivity index (χ1n) is 15.4. The van der Waals surface area contributed by atoms with E-state index in [1.165, 1.54) is 0 Å². The summed E-state index contributed by atoms with van der Waals surface area (Å²) in [6.45, 7) is 13.4. The highest BCUT2D eigenvalue weighted by molar-refractivity contribution is 5.95. The van der Waals surface area contributed by atoms with Crippen molar-refractivity contribution in [1.29, 1.82) is 0 Å². The fourth-order valence-corrected chi connectivity index (χ4v) is 10.2. The van der Waals surface area contributed by atoms with Crippen molar-refractivity contribution in [1.82, 2.24) is 0 Å². The Balaban J connectivity index is 1.38. The SMILES string of the molecule is CC(C)[C@@](C)(O)[C@H]1O[C@@H]1[C@]1([C@H]2CC[C@@]3(O)C4=CC(=O)[C@@H]5C[C@@H](O)CC[C@]5(C)[C@H]4CC[C@]23C)C[C@H](C)CCO1. The molecule has 0 spiro atoms. The first-order chi connectivity index (χ1) is 17.7. The molecule has 0 amide bonds. The molecular weight excluding hydrogens is 480 g/mol. The average Bonchev–Trinajstić information content (AvgIpc) is 3.61. The lowest BCUT2D eigenvalue weighted by Gasteiger charge is -2.61. The largest absolute Gasteiger partial charge is 0.393 e. The standard InChI is InChI=1S/C32H50O6/c1-18(2)30(6,35)26-27(38-26)31(17-19(3)10-14-37-31)25-9-13-32(36)22-16-24(34)23-15-20(33)7-11-28(23,4)21(22)8-12-29(25,32)5/h16,18-21,23,25-27,33,35-36H,7-15,17H2,1-6H3/t19-,20+,21+,23+,25+,26+,27+,28-,29-,30-,31-,32-/m1/s1. The van der Waals surface area contributed by atoms with Crippen LogP contribution in [0.4, 0.5) is 0 Å². The first-order valence-corrected chi connectivity index (χ1v) is 15.4. The Morgan fingerprint density at radius 3 is 2.50 bits per heavy atom. The minimum Gasteiger partial charge on any atom is -0.393 e. The van der Waals surface area contributed by atoms with Crippen molar-refractivity contribution >= 4 is 5.78 Å². The van der Waals surface area contributed by atoms with Crippen LogP contribution in [-0.2, 0) is 14.3 Å². The maximum atomic E-state index is 13.5. The Morgan fingerprint density at radius 1 is 1.08 bits per heavy atom. The Morgan fingerprint density at radius 2 is 1.82 bits per heavy atom. The van der Waals surface area contributed by atoms with Gasteiger partial charge in [-0.1, -0.05) is 34.6 Å². The molecule has 38 heavy (non-hydrogen) atoms. The summed E-state index contributed by atoms with van der Waals surface area (Å²) in [6, 6.07) is 0. The number of rotatable bonds is 4. The molecule has 0 bridgehead atoms. The zero-order valence-corrected chi connectivity index (χ0v) is 24.3. The fourth-order valence-electron chi connectivity index (χ4n) is 10.2. The van der Waals surface area contributed by atoms with Crippen molar-refractivity contribution in [2.45, 2.75) is 134 Å². The molecule has 0 aromatic heterocycles. The molecule has 0 unspecified atom stereocenters. The predicted molar refractivity (Wildman–Crippen MR) is 144 cm³/mol. The van der Waals surface area contributed by atoms with Crippen LogP contribution in [-0.4, -0.2) is 62.8 Å². The molecule has 6 aliphatic rings. The van der Waals surface area contributed by atoms with Gasteiger partial charge in [-0.15, -0.1) is 0 Å². The molecule has 3 N–H and O–H groups in total. The number of epoxide rings is 1. The number of ether oxygens (including phenoxy) is 2. The molecule has 2 heterocycles. The number of hydrogen-bond donors (Lipinski definition) is 3. The van der Waals surface area contributed by atoms with Gasteiger partial charge in [0.25, 0.3) is 0 Å². The third-order valence-corrected chi connectivity index (χ3v) is 13.0. The van der Waals surface area contributed by atoms with E-state index in [2.05, 4.69) is 20.8 Å². The third-order valence-electron chi connectivity index (χ3n) is 13.0. The second-order valence-corrected chi connectivity index (χ2v) is 15.2. The quantitative estimate of drug-likeness (QED) is 0.460. The van der Waals surface area contributed by atoms with Crippen LogP contribution in [0.1, 0.15) is 99.3 Å². The van der Waals surface area contributed by atoms with E-state index in [1.807, 2.05) is 20.8 Å². The van der Waals surface area contributed by atoms with Crippen molar-refractivity contribution in [3.8, 4) is 0 Å². The summed E-state index contributed by atoms with van der Waals surface area (Å²) in [4.78, 5) is 13.5. The zero-order valence-electron chi connectivity index (χ0n) is 24.3. The summed E-state index contributed by atoms with van der Waals surface area (Å²) in [7, 11) is 0. The van der Waals surface area contributed by atoms with Gasteiger partial charge in [-0.2, -0.15) is 0 Å². The summed E-state index contributed by atoms with van der Waals surface area (Å²) in [5.74, 6) is 0.727. The molecule has 6 heteroatoms. The van der Waals surface area contributed by atoms with Gasteiger partial charge in [-0.3, -0.25) is 4.79 Å². The number of hydrogen-bond acceptors (Lipinski definition) is 6. The highest BCUT2D eigenvalue weighted by Crippen LogP contribution is 2.70. The molecule has 6 rings (SSSR count). The van der Waals surface area contributed by atoms with Crippen molar-refractivity contribution in [3.05, 3.63) is 11.6 Å². The van der Waals surface area contributed by atoms with E-state index in [9.17, 15) is 20.1 Å². The van der Waals surface area contributed by atoms with Gasteiger partial charge >= 0.3 is 0 Å². The van der Waals surface area contributed by atoms with Gasteiger partial charge in [0, 0.05) is 17.9 Å². The molecule has 214 valence electrons. The average molecular weight is 531 g/mol. The van der Waals surface area contributed by atoms with Gasteiger partial charge in [-0.25, -0.2) is 0 Å². The number of aliphatic hydroxyl groups excluding tert-OH is 1. The molecule has 0 aromatic carbocycles. The van der Waals surface area contributed by atoms with Crippen LogP contribution in [0.25, 0.3) is 0 Å². The molecule has 0 radical (unpaired) electrons. The Bertz CT molecular complexity index is 1020. The van der Waals surface area contributed by atoms with Gasteiger partial charge in [0.1, 0.15) is 17.8 Å². The maximum Gasteiger partial charge on any atom is 0.159 e. The summed E-state index contributed by atoms with van der Waals surface area (Å²) < 4.78 is 13.2. The van der Waals surface area contributed by atoms with Crippen LogP contribution < -0.4 is 0 Å². The van der Waals surface area contributed by atoms with Crippen molar-refractivity contribution < 1.29 is 29.6 Å². The van der Waals surface area contributed by atoms with E-state index < -0.39 is 28.3 Å². The maximum absolute atomic E-state index is 13.5. The molecule has 5 fully saturated rings. The molecule has 2 saturated heterocycles. The summed E-state index contributed by atoms with van der Waals surface area (Å²) >= 11 is 0. The summed E-state index contributed by atoms with van der Waals surface area (Å²) in [6.07, 6.45) is 8.20. The van der Waals surface area contributed by atoms with E-state index in [1.54, 1.807) is 6.08 Å². The molecule has 4 aliphatic carbocycles. The summed E-state index contributed by atoms with van der Waals surface area (Å²) in [5, 5.41) is 34.4. The second-order valence-electron chi connectivity index (χ2n) is 15.2. The Hall–Kier alpha value is -0.790. The first kappa shape index (κ1) is 27.4. The van der Waals surface area contributed by atoms with Crippen LogP contribution in [0, 0.1) is 40.4 Å². The number of carbonyl (C=O) groups is 1. The van der Waals surface area contributed by atoms with Crippen LogP contribution in [0.3, 0.4) is 0 Å². The second kappa shape index (κ2) is 8.61. The normalized spacial score (nSPS) is 54.0. The van der Waals surface area contributed by atoms with Crippen LogP contribution >= 0.6 is 0 Å². The van der Waals surface area contributed by atoms with Gasteiger partial charge in [-0.05, 0) is 105 Å². The Kier molecular flexibility index (Phi) is 6.20. The zero-order chi connectivity index (χ0) is 27.5. The number of allylic oxidation sites excluding steroid dienone is 1. The van der Waals surface area contributed by atoms with Crippen LogP contribution in [0.15, 0.2) is 11.6 Å². The minimum absolute atomic E-state index is 0.0585. The van der Waals surface area contributed by atoms with E-state index in [4.69, 9.17) is 9.47 Å². The van der Waals surface area contributed by atoms with Gasteiger partial charge in [0.15, 0.2) is 5.78 Å². The Labute approximate surface area is 228 Å². The monoisotopic (exact) mass is 530 g/mol. The van der Waals surface area contributed by atoms with Crippen molar-refractivity contribution in [2.75, 3.05) is 6.61 Å². The van der Waals surface area contributed by atoms with E-state index in [0.29, 0.717) is 25.4 Å². The highest BCUT2D eigenvalue weighted by atomic mass is 16.6.